The fourth-order valence-corrected chi connectivity index (χ4v) is 14.5. The number of rotatable bonds is 17. The van der Waals surface area contributed by atoms with Gasteiger partial charge in [0.15, 0.2) is 0 Å². The van der Waals surface area contributed by atoms with E-state index in [0.29, 0.717) is 19.8 Å². The second-order valence-electron chi connectivity index (χ2n) is 8.99. The van der Waals surface area contributed by atoms with Gasteiger partial charge in [0, 0.05) is 0 Å². The van der Waals surface area contributed by atoms with Crippen molar-refractivity contribution in [1.82, 2.24) is 0 Å². The van der Waals surface area contributed by atoms with Crippen LogP contribution in [0.3, 0.4) is 0 Å². The molecule has 6 heteroatoms. The van der Waals surface area contributed by atoms with Gasteiger partial charge in [-0.3, -0.25) is 0 Å². The Morgan fingerprint density at radius 1 is 0.500 bits per heavy atom. The molecule has 0 heterocycles. The van der Waals surface area contributed by atoms with Crippen LogP contribution < -0.4 is 15.6 Å². The molecule has 0 saturated heterocycles. The summed E-state index contributed by atoms with van der Waals surface area (Å²) in [4.78, 5) is 0. The summed E-state index contributed by atoms with van der Waals surface area (Å²) in [6.07, 6.45) is 5.96. The van der Waals surface area contributed by atoms with Gasteiger partial charge in [0.2, 0.25) is 0 Å². The van der Waals surface area contributed by atoms with Crippen molar-refractivity contribution in [2.24, 2.45) is 0 Å². The van der Waals surface area contributed by atoms with Crippen LogP contribution in [0.25, 0.3) is 0 Å². The fraction of sp³-hybridized carbons (Fsp3) is 0.400. The molecule has 36 heavy (non-hydrogen) atoms. The van der Waals surface area contributed by atoms with Gasteiger partial charge in [-0.1, -0.05) is 0 Å². The molecule has 0 atom stereocenters. The van der Waals surface area contributed by atoms with Crippen LogP contribution in [-0.2, 0) is 31.1 Å². The Hall–Kier alpha value is -1.57. The van der Waals surface area contributed by atoms with Crippen LogP contribution in [0.5, 0.6) is 0 Å². The monoisotopic (exact) mass is 542 g/mol. The molecule has 194 valence electrons. The van der Waals surface area contributed by atoms with Crippen LogP contribution >= 0.6 is 0 Å². The van der Waals surface area contributed by atoms with Crippen molar-refractivity contribution in [2.45, 2.75) is 59.3 Å². The van der Waals surface area contributed by atoms with E-state index in [9.17, 15) is 0 Å². The van der Waals surface area contributed by atoms with Gasteiger partial charge < -0.3 is 0 Å². The van der Waals surface area contributed by atoms with E-state index < -0.39 is 26.5 Å². The van der Waals surface area contributed by atoms with E-state index in [2.05, 4.69) is 112 Å². The number of hydrogen-bond acceptors (Lipinski definition) is 4. The van der Waals surface area contributed by atoms with Crippen LogP contribution in [-0.4, -0.2) is 28.1 Å². The van der Waals surface area contributed by atoms with Crippen molar-refractivity contribution in [3.8, 4) is 0 Å². The van der Waals surface area contributed by atoms with Gasteiger partial charge in [0.25, 0.3) is 0 Å². The summed E-state index contributed by atoms with van der Waals surface area (Å²) in [5.74, 6) is 0. The Balaban J connectivity index is 2.21. The predicted molar refractivity (Wildman–Crippen MR) is 148 cm³/mol. The number of benzene rings is 3. The van der Waals surface area contributed by atoms with Crippen molar-refractivity contribution in [1.29, 1.82) is 0 Å². The van der Waals surface area contributed by atoms with Gasteiger partial charge in [-0.25, -0.2) is 0 Å². The van der Waals surface area contributed by atoms with Crippen molar-refractivity contribution in [3.63, 3.8) is 0 Å². The third-order valence-electron chi connectivity index (χ3n) is 6.15. The first-order chi connectivity index (χ1) is 17.7. The molecule has 3 aromatic carbocycles. The van der Waals surface area contributed by atoms with E-state index in [-0.39, 0.29) is 0 Å². The molecular formula is C30H42O4SiTi. The Bertz CT molecular complexity index is 849. The summed E-state index contributed by atoms with van der Waals surface area (Å²) in [5.41, 5.74) is 0. The first-order valence-electron chi connectivity index (χ1n) is 13.5. The molecule has 0 aliphatic rings. The fourth-order valence-electron chi connectivity index (χ4n) is 4.12. The summed E-state index contributed by atoms with van der Waals surface area (Å²) in [7, 11) is -3.03. The summed E-state index contributed by atoms with van der Waals surface area (Å²) < 4.78 is 27.4. The van der Waals surface area contributed by atoms with E-state index in [1.54, 1.807) is 0 Å². The van der Waals surface area contributed by atoms with Crippen molar-refractivity contribution >= 4 is 23.9 Å². The molecule has 0 unspecified atom stereocenters. The molecule has 0 N–H and O–H groups in total. The third-order valence-corrected chi connectivity index (χ3v) is 15.4. The second-order valence-corrected chi connectivity index (χ2v) is 16.2. The molecule has 0 bridgehead atoms. The summed E-state index contributed by atoms with van der Waals surface area (Å²) in [6.45, 7) is 8.26. The molecule has 0 amide bonds. The van der Waals surface area contributed by atoms with Gasteiger partial charge >= 0.3 is 225 Å². The Morgan fingerprint density at radius 3 is 1.08 bits per heavy atom. The van der Waals surface area contributed by atoms with Gasteiger partial charge in [-0.15, -0.1) is 0 Å². The van der Waals surface area contributed by atoms with Gasteiger partial charge in [-0.2, -0.15) is 0 Å². The maximum atomic E-state index is 7.48. The normalized spacial score (nSPS) is 12.1. The molecule has 3 rings (SSSR count). The van der Waals surface area contributed by atoms with Crippen LogP contribution in [0.4, 0.5) is 0 Å². The summed E-state index contributed by atoms with van der Waals surface area (Å²) in [5, 5.41) is 3.49. The average molecular weight is 543 g/mol. The van der Waals surface area contributed by atoms with Gasteiger partial charge in [0.1, 0.15) is 0 Å². The minimum atomic E-state index is -4.21. The van der Waals surface area contributed by atoms with E-state index in [4.69, 9.17) is 13.0 Å². The summed E-state index contributed by atoms with van der Waals surface area (Å²) in [6, 6.07) is 31.8. The zero-order valence-electron chi connectivity index (χ0n) is 22.2. The number of unbranched alkanes of at least 4 members (excludes halogenated alkanes) is 3. The molecule has 4 nitrogen and oxygen atoms in total. The molecule has 3 aromatic rings. The van der Waals surface area contributed by atoms with E-state index in [1.165, 1.54) is 0 Å². The van der Waals surface area contributed by atoms with Crippen LogP contribution in [0.15, 0.2) is 91.0 Å². The zero-order valence-corrected chi connectivity index (χ0v) is 24.7. The van der Waals surface area contributed by atoms with Crippen molar-refractivity contribution in [2.75, 3.05) is 19.8 Å². The van der Waals surface area contributed by atoms with Crippen LogP contribution in [0.1, 0.15) is 59.3 Å². The van der Waals surface area contributed by atoms with E-state index in [0.717, 1.165) is 54.1 Å². The average Bonchev–Trinajstić information content (AvgIpc) is 2.94. The van der Waals surface area contributed by atoms with E-state index in [1.807, 2.05) is 0 Å². The van der Waals surface area contributed by atoms with E-state index >= 15 is 0 Å². The van der Waals surface area contributed by atoms with Crippen molar-refractivity contribution < 1.29 is 31.1 Å². The molecule has 0 radical (unpaired) electrons. The summed E-state index contributed by atoms with van der Waals surface area (Å²) >= 11 is -4.21. The van der Waals surface area contributed by atoms with Crippen molar-refractivity contribution in [3.05, 3.63) is 91.0 Å². The Morgan fingerprint density at radius 2 is 0.806 bits per heavy atom. The Kier molecular flexibility index (Phi) is 12.6. The first kappa shape index (κ1) is 29.0. The van der Waals surface area contributed by atoms with Crippen LogP contribution in [0.2, 0.25) is 0 Å². The first-order valence-corrected chi connectivity index (χ1v) is 17.9. The molecule has 0 aromatic heterocycles. The SMILES string of the molecule is CCCC[O][Ti]([O]CCCC)([O]CCCC)[O][Si](c1ccccc1)(c1ccccc1)c1ccccc1. The quantitative estimate of drug-likeness (QED) is 0.120. The molecule has 0 aliphatic heterocycles. The predicted octanol–water partition coefficient (Wildman–Crippen LogP) is 5.93. The molecule has 0 fully saturated rings. The maximum absolute atomic E-state index is 7.48. The van der Waals surface area contributed by atoms with Gasteiger partial charge in [-0.05, 0) is 0 Å². The second kappa shape index (κ2) is 15.6. The topological polar surface area (TPSA) is 36.9 Å². The van der Waals surface area contributed by atoms with Crippen LogP contribution in [0, 0.1) is 0 Å². The van der Waals surface area contributed by atoms with Gasteiger partial charge in [0.05, 0.1) is 0 Å². The molecular weight excluding hydrogens is 500 g/mol. The Labute approximate surface area is 224 Å². The standard InChI is InChI=1S/C18H15OSi.3C4H9O.Ti/c19-20(16-10-4-1-5-11-16,17-12-6-2-7-13-17)18-14-8-3-9-15-18;3*1-2-3-4-5;/h1-15H;3*2-4H2,1H3;/q4*-1;+4. The molecule has 0 aliphatic carbocycles. The minimum absolute atomic E-state index is 0.581. The molecule has 0 saturated carbocycles. The zero-order chi connectivity index (χ0) is 25.5. The third kappa shape index (κ3) is 7.72. The molecule has 0 spiro atoms. The number of hydrogen-bond donors (Lipinski definition) is 0.